The zero-order valence-corrected chi connectivity index (χ0v) is 10.6. The van der Waals surface area contributed by atoms with Crippen LogP contribution in [-0.2, 0) is 4.79 Å². The Balaban J connectivity index is 1.91. The quantitative estimate of drug-likeness (QED) is 0.854. The van der Waals surface area contributed by atoms with Gasteiger partial charge in [0, 0.05) is 6.54 Å². The Morgan fingerprint density at radius 1 is 1.39 bits per heavy atom. The van der Waals surface area contributed by atoms with Gasteiger partial charge in [0.15, 0.2) is 0 Å². The minimum atomic E-state index is -0.670. The summed E-state index contributed by atoms with van der Waals surface area (Å²) < 4.78 is 0. The molecule has 2 rings (SSSR count). The van der Waals surface area contributed by atoms with E-state index in [9.17, 15) is 9.90 Å². The number of hydrogen-bond donors (Lipinski definition) is 2. The number of hydrogen-bond acceptors (Lipinski definition) is 4. The van der Waals surface area contributed by atoms with Crippen molar-refractivity contribution < 1.29 is 9.90 Å². The van der Waals surface area contributed by atoms with Crippen LogP contribution in [0.15, 0.2) is 12.1 Å². The first-order valence-corrected chi connectivity index (χ1v) is 6.44. The Morgan fingerprint density at radius 2 is 2.17 bits per heavy atom. The number of carbonyl (C=O) groups is 1. The molecule has 18 heavy (non-hydrogen) atoms. The molecule has 0 bridgehead atoms. The number of nitrogens with zero attached hydrogens (tertiary/aromatic N) is 2. The van der Waals surface area contributed by atoms with Gasteiger partial charge in [-0.05, 0) is 37.8 Å². The molecule has 1 fully saturated rings. The van der Waals surface area contributed by atoms with E-state index in [1.807, 2.05) is 19.1 Å². The number of carboxylic acid groups (broad SMARTS) is 1. The SMILES string of the molecule is Cc1ccc(NC[C@@H]2CCCC[C@@H]2C(=O)O)nn1. The van der Waals surface area contributed by atoms with Gasteiger partial charge in [0.05, 0.1) is 11.6 Å². The summed E-state index contributed by atoms with van der Waals surface area (Å²) in [6.45, 7) is 2.55. The molecule has 1 aliphatic rings. The van der Waals surface area contributed by atoms with Crippen molar-refractivity contribution in [3.63, 3.8) is 0 Å². The molecule has 1 aliphatic carbocycles. The molecule has 0 unspecified atom stereocenters. The Hall–Kier alpha value is -1.65. The Labute approximate surface area is 107 Å². The van der Waals surface area contributed by atoms with E-state index in [-0.39, 0.29) is 11.8 Å². The first-order valence-electron chi connectivity index (χ1n) is 6.44. The number of rotatable bonds is 4. The highest BCUT2D eigenvalue weighted by Crippen LogP contribution is 2.30. The maximum atomic E-state index is 11.2. The molecule has 5 nitrogen and oxygen atoms in total. The molecule has 0 saturated heterocycles. The Morgan fingerprint density at radius 3 is 2.83 bits per heavy atom. The van der Waals surface area contributed by atoms with Gasteiger partial charge in [-0.15, -0.1) is 5.10 Å². The lowest BCUT2D eigenvalue weighted by atomic mass is 9.79. The molecule has 5 heteroatoms. The van der Waals surface area contributed by atoms with E-state index in [0.717, 1.165) is 37.2 Å². The molecule has 0 radical (unpaired) electrons. The standard InChI is InChI=1S/C13H19N3O2/c1-9-6-7-12(16-15-9)14-8-10-4-2-3-5-11(10)13(17)18/h6-7,10-11H,2-5,8H2,1H3,(H,14,16)(H,17,18)/t10-,11-/m0/s1. The van der Waals surface area contributed by atoms with Gasteiger partial charge in [-0.25, -0.2) is 0 Å². The van der Waals surface area contributed by atoms with E-state index in [4.69, 9.17) is 0 Å². The van der Waals surface area contributed by atoms with Crippen molar-refractivity contribution >= 4 is 11.8 Å². The molecular formula is C13H19N3O2. The lowest BCUT2D eigenvalue weighted by Crippen LogP contribution is -2.31. The minimum Gasteiger partial charge on any atom is -0.481 e. The highest BCUT2D eigenvalue weighted by atomic mass is 16.4. The summed E-state index contributed by atoms with van der Waals surface area (Å²) in [7, 11) is 0. The van der Waals surface area contributed by atoms with E-state index in [1.54, 1.807) is 0 Å². The van der Waals surface area contributed by atoms with Crippen LogP contribution in [0, 0.1) is 18.8 Å². The van der Waals surface area contributed by atoms with Gasteiger partial charge in [-0.3, -0.25) is 4.79 Å². The smallest absolute Gasteiger partial charge is 0.306 e. The molecule has 1 aromatic rings. The normalized spacial score (nSPS) is 23.6. The summed E-state index contributed by atoms with van der Waals surface area (Å²) in [4.78, 5) is 11.2. The number of nitrogens with one attached hydrogen (secondary N) is 1. The van der Waals surface area contributed by atoms with Crippen molar-refractivity contribution in [2.75, 3.05) is 11.9 Å². The molecular weight excluding hydrogens is 230 g/mol. The predicted octanol–water partition coefficient (Wildman–Crippen LogP) is 2.09. The largest absolute Gasteiger partial charge is 0.481 e. The first-order chi connectivity index (χ1) is 8.66. The molecule has 0 amide bonds. The number of anilines is 1. The summed E-state index contributed by atoms with van der Waals surface area (Å²) >= 11 is 0. The topological polar surface area (TPSA) is 75.1 Å². The van der Waals surface area contributed by atoms with Gasteiger partial charge in [-0.2, -0.15) is 5.10 Å². The van der Waals surface area contributed by atoms with Crippen LogP contribution >= 0.6 is 0 Å². The van der Waals surface area contributed by atoms with Crippen molar-refractivity contribution in [2.24, 2.45) is 11.8 Å². The first kappa shape index (κ1) is 12.8. The molecule has 2 atom stereocenters. The van der Waals surface area contributed by atoms with Crippen molar-refractivity contribution in [2.45, 2.75) is 32.6 Å². The number of aryl methyl sites for hydroxylation is 1. The van der Waals surface area contributed by atoms with Gasteiger partial charge in [0.1, 0.15) is 5.82 Å². The van der Waals surface area contributed by atoms with Crippen molar-refractivity contribution in [1.29, 1.82) is 0 Å². The maximum Gasteiger partial charge on any atom is 0.306 e. The van der Waals surface area contributed by atoms with Crippen LogP contribution in [0.2, 0.25) is 0 Å². The third-order valence-electron chi connectivity index (χ3n) is 3.57. The molecule has 0 aromatic carbocycles. The van der Waals surface area contributed by atoms with Crippen molar-refractivity contribution in [3.05, 3.63) is 17.8 Å². The van der Waals surface area contributed by atoms with E-state index in [0.29, 0.717) is 6.54 Å². The summed E-state index contributed by atoms with van der Waals surface area (Å²) in [5.41, 5.74) is 0.877. The predicted molar refractivity (Wildman–Crippen MR) is 68.3 cm³/mol. The molecule has 0 spiro atoms. The molecule has 0 aliphatic heterocycles. The fraction of sp³-hybridized carbons (Fsp3) is 0.615. The molecule has 1 aromatic heterocycles. The summed E-state index contributed by atoms with van der Waals surface area (Å²) in [5, 5.41) is 20.4. The van der Waals surface area contributed by atoms with Crippen LogP contribution in [0.25, 0.3) is 0 Å². The lowest BCUT2D eigenvalue weighted by Gasteiger charge is -2.28. The van der Waals surface area contributed by atoms with Gasteiger partial charge in [-0.1, -0.05) is 12.8 Å². The zero-order chi connectivity index (χ0) is 13.0. The summed E-state index contributed by atoms with van der Waals surface area (Å²) in [5.74, 6) is 0.0239. The highest BCUT2D eigenvalue weighted by Gasteiger charge is 2.30. The fourth-order valence-corrected chi connectivity index (χ4v) is 2.51. The molecule has 1 heterocycles. The fourth-order valence-electron chi connectivity index (χ4n) is 2.51. The van der Waals surface area contributed by atoms with Gasteiger partial charge >= 0.3 is 5.97 Å². The monoisotopic (exact) mass is 249 g/mol. The van der Waals surface area contributed by atoms with E-state index < -0.39 is 5.97 Å². The van der Waals surface area contributed by atoms with Crippen LogP contribution < -0.4 is 5.32 Å². The summed E-state index contributed by atoms with van der Waals surface area (Å²) in [6, 6.07) is 3.77. The van der Waals surface area contributed by atoms with E-state index in [1.165, 1.54) is 0 Å². The second-order valence-corrected chi connectivity index (χ2v) is 4.93. The Bertz CT molecular complexity index is 405. The molecule has 1 saturated carbocycles. The van der Waals surface area contributed by atoms with Crippen LogP contribution in [-0.4, -0.2) is 27.8 Å². The van der Waals surface area contributed by atoms with Crippen LogP contribution in [0.5, 0.6) is 0 Å². The maximum absolute atomic E-state index is 11.2. The third-order valence-corrected chi connectivity index (χ3v) is 3.57. The molecule has 98 valence electrons. The minimum absolute atomic E-state index is 0.194. The van der Waals surface area contributed by atoms with Crippen LogP contribution in [0.3, 0.4) is 0 Å². The summed E-state index contributed by atoms with van der Waals surface area (Å²) in [6.07, 6.45) is 3.91. The van der Waals surface area contributed by atoms with E-state index >= 15 is 0 Å². The van der Waals surface area contributed by atoms with Crippen LogP contribution in [0.1, 0.15) is 31.4 Å². The molecule has 2 N–H and O–H groups in total. The van der Waals surface area contributed by atoms with Crippen molar-refractivity contribution in [3.8, 4) is 0 Å². The average Bonchev–Trinajstić information content (AvgIpc) is 2.38. The second-order valence-electron chi connectivity index (χ2n) is 4.93. The van der Waals surface area contributed by atoms with Gasteiger partial charge < -0.3 is 10.4 Å². The van der Waals surface area contributed by atoms with Crippen LogP contribution in [0.4, 0.5) is 5.82 Å². The highest BCUT2D eigenvalue weighted by molar-refractivity contribution is 5.70. The Kier molecular flexibility index (Phi) is 4.12. The number of aliphatic carboxylic acids is 1. The number of aromatic nitrogens is 2. The third kappa shape index (κ3) is 3.18. The average molecular weight is 249 g/mol. The lowest BCUT2D eigenvalue weighted by molar-refractivity contribution is -0.144. The van der Waals surface area contributed by atoms with Gasteiger partial charge in [0.2, 0.25) is 0 Å². The zero-order valence-electron chi connectivity index (χ0n) is 10.6. The second kappa shape index (κ2) is 5.80. The van der Waals surface area contributed by atoms with Gasteiger partial charge in [0.25, 0.3) is 0 Å². The van der Waals surface area contributed by atoms with Crippen molar-refractivity contribution in [1.82, 2.24) is 10.2 Å². The van der Waals surface area contributed by atoms with E-state index in [2.05, 4.69) is 15.5 Å². The number of carboxylic acids is 1.